The summed E-state index contributed by atoms with van der Waals surface area (Å²) in [7, 11) is 0. The molecular formula is C10H10BrClN2O. The minimum absolute atomic E-state index is 0.288. The highest BCUT2D eigenvalue weighted by Crippen LogP contribution is 2.22. The van der Waals surface area contributed by atoms with Crippen LogP contribution in [0.1, 0.15) is 0 Å². The molecule has 0 heterocycles. The zero-order valence-electron chi connectivity index (χ0n) is 7.89. The van der Waals surface area contributed by atoms with Crippen molar-refractivity contribution >= 4 is 39.2 Å². The van der Waals surface area contributed by atoms with Crippen LogP contribution in [0.2, 0.25) is 5.02 Å². The van der Waals surface area contributed by atoms with Crippen molar-refractivity contribution in [2.75, 3.05) is 11.9 Å². The fraction of sp³-hybridized carbons (Fsp3) is 0.100. The quantitative estimate of drug-likeness (QED) is 0.823. The first-order valence-corrected chi connectivity index (χ1v) is 5.41. The maximum atomic E-state index is 11.3. The fourth-order valence-corrected chi connectivity index (χ4v) is 1.83. The van der Waals surface area contributed by atoms with Gasteiger partial charge < -0.3 is 10.6 Å². The van der Waals surface area contributed by atoms with E-state index in [0.717, 1.165) is 4.47 Å². The van der Waals surface area contributed by atoms with Crippen LogP contribution in [-0.4, -0.2) is 12.6 Å². The molecule has 3 nitrogen and oxygen atoms in total. The Morgan fingerprint density at radius 2 is 2.27 bits per heavy atom. The summed E-state index contributed by atoms with van der Waals surface area (Å²) in [5.41, 5.74) is 0.635. The smallest absolute Gasteiger partial charge is 0.319 e. The summed E-state index contributed by atoms with van der Waals surface area (Å²) >= 11 is 9.10. The van der Waals surface area contributed by atoms with E-state index < -0.39 is 0 Å². The lowest BCUT2D eigenvalue weighted by Crippen LogP contribution is -2.28. The van der Waals surface area contributed by atoms with Gasteiger partial charge >= 0.3 is 6.03 Å². The van der Waals surface area contributed by atoms with Crippen LogP contribution in [-0.2, 0) is 0 Å². The number of anilines is 1. The summed E-state index contributed by atoms with van der Waals surface area (Å²) in [6, 6.07) is 4.89. The molecular weight excluding hydrogens is 279 g/mol. The van der Waals surface area contributed by atoms with Crippen LogP contribution in [0, 0.1) is 0 Å². The van der Waals surface area contributed by atoms with Crippen molar-refractivity contribution in [3.05, 3.63) is 40.3 Å². The molecule has 0 aliphatic carbocycles. The summed E-state index contributed by atoms with van der Waals surface area (Å²) in [6.07, 6.45) is 1.60. The third-order valence-corrected chi connectivity index (χ3v) is 2.20. The van der Waals surface area contributed by atoms with E-state index in [1.54, 1.807) is 24.3 Å². The monoisotopic (exact) mass is 288 g/mol. The minimum Gasteiger partial charge on any atom is -0.334 e. The molecule has 0 aliphatic heterocycles. The number of nitrogens with one attached hydrogen (secondary N) is 2. The summed E-state index contributed by atoms with van der Waals surface area (Å²) in [6.45, 7) is 3.92. The van der Waals surface area contributed by atoms with Gasteiger partial charge in [0.2, 0.25) is 0 Å². The summed E-state index contributed by atoms with van der Waals surface area (Å²) < 4.78 is 0.814. The molecule has 0 spiro atoms. The van der Waals surface area contributed by atoms with Crippen LogP contribution in [0.3, 0.4) is 0 Å². The Kier molecular flexibility index (Phi) is 4.65. The molecule has 2 N–H and O–H groups in total. The number of urea groups is 1. The number of halogens is 2. The number of benzene rings is 1. The van der Waals surface area contributed by atoms with Crippen LogP contribution >= 0.6 is 27.5 Å². The highest BCUT2D eigenvalue weighted by atomic mass is 79.9. The predicted molar refractivity (Wildman–Crippen MR) is 66.4 cm³/mol. The van der Waals surface area contributed by atoms with Crippen molar-refractivity contribution in [2.24, 2.45) is 0 Å². The summed E-state index contributed by atoms with van der Waals surface area (Å²) in [5, 5.41) is 5.80. The van der Waals surface area contributed by atoms with Crippen molar-refractivity contribution < 1.29 is 4.79 Å². The Bertz CT molecular complexity index is 361. The predicted octanol–water partition coefficient (Wildman–Crippen LogP) is 3.41. The molecule has 5 heteroatoms. The molecule has 0 radical (unpaired) electrons. The van der Waals surface area contributed by atoms with E-state index in [4.69, 9.17) is 11.6 Å². The van der Waals surface area contributed by atoms with Gasteiger partial charge in [-0.25, -0.2) is 4.79 Å². The Labute approximate surface area is 102 Å². The van der Waals surface area contributed by atoms with Crippen molar-refractivity contribution in [3.8, 4) is 0 Å². The lowest BCUT2D eigenvalue weighted by molar-refractivity contribution is 0.253. The van der Waals surface area contributed by atoms with E-state index in [2.05, 4.69) is 33.1 Å². The minimum atomic E-state index is -0.288. The van der Waals surface area contributed by atoms with Crippen molar-refractivity contribution in [2.45, 2.75) is 0 Å². The van der Waals surface area contributed by atoms with Crippen LogP contribution in [0.4, 0.5) is 10.5 Å². The van der Waals surface area contributed by atoms with E-state index >= 15 is 0 Å². The van der Waals surface area contributed by atoms with Crippen LogP contribution in [0.15, 0.2) is 35.3 Å². The lowest BCUT2D eigenvalue weighted by atomic mass is 10.3. The Morgan fingerprint density at radius 1 is 1.53 bits per heavy atom. The summed E-state index contributed by atoms with van der Waals surface area (Å²) in [5.74, 6) is 0. The Morgan fingerprint density at radius 3 is 2.87 bits per heavy atom. The van der Waals surface area contributed by atoms with Crippen molar-refractivity contribution in [1.29, 1.82) is 0 Å². The molecule has 15 heavy (non-hydrogen) atoms. The molecule has 1 aromatic rings. The first-order valence-electron chi connectivity index (χ1n) is 4.23. The standard InChI is InChI=1S/C10H10BrClN2O/c1-2-3-13-10(15)14-9-5-7(11)4-8(12)6-9/h2,4-6H,1,3H2,(H2,13,14,15). The molecule has 0 aliphatic rings. The van der Waals surface area contributed by atoms with Gasteiger partial charge in [-0.05, 0) is 18.2 Å². The van der Waals surface area contributed by atoms with Gasteiger partial charge in [0.1, 0.15) is 0 Å². The highest BCUT2D eigenvalue weighted by molar-refractivity contribution is 9.10. The fourth-order valence-electron chi connectivity index (χ4n) is 0.966. The number of hydrogen-bond acceptors (Lipinski definition) is 1. The van der Waals surface area contributed by atoms with E-state index in [0.29, 0.717) is 17.3 Å². The first kappa shape index (κ1) is 12.1. The van der Waals surface area contributed by atoms with E-state index in [9.17, 15) is 4.79 Å². The molecule has 0 saturated carbocycles. The lowest BCUT2D eigenvalue weighted by Gasteiger charge is -2.06. The van der Waals surface area contributed by atoms with Crippen LogP contribution in [0.25, 0.3) is 0 Å². The van der Waals surface area contributed by atoms with Crippen LogP contribution < -0.4 is 10.6 Å². The third kappa shape index (κ3) is 4.36. The van der Waals surface area contributed by atoms with Gasteiger partial charge in [0.05, 0.1) is 0 Å². The molecule has 0 aromatic heterocycles. The largest absolute Gasteiger partial charge is 0.334 e. The number of hydrogen-bond donors (Lipinski definition) is 2. The Balaban J connectivity index is 2.63. The molecule has 2 amide bonds. The van der Waals surface area contributed by atoms with Gasteiger partial charge in [0, 0.05) is 21.7 Å². The second kappa shape index (κ2) is 5.78. The number of amides is 2. The molecule has 0 fully saturated rings. The Hall–Kier alpha value is -1.000. The SMILES string of the molecule is C=CCNC(=O)Nc1cc(Cl)cc(Br)c1. The van der Waals surface area contributed by atoms with E-state index in [-0.39, 0.29) is 6.03 Å². The normalized spacial score (nSPS) is 9.47. The van der Waals surface area contributed by atoms with Gasteiger partial charge in [-0.2, -0.15) is 0 Å². The average molecular weight is 290 g/mol. The average Bonchev–Trinajstić information content (AvgIpc) is 2.13. The maximum Gasteiger partial charge on any atom is 0.319 e. The molecule has 0 bridgehead atoms. The molecule has 0 saturated heterocycles. The number of rotatable bonds is 3. The second-order valence-corrected chi connectivity index (χ2v) is 4.13. The van der Waals surface area contributed by atoms with Gasteiger partial charge in [-0.1, -0.05) is 33.6 Å². The zero-order valence-corrected chi connectivity index (χ0v) is 10.2. The maximum absolute atomic E-state index is 11.3. The number of carbonyl (C=O) groups is 1. The van der Waals surface area contributed by atoms with Crippen molar-refractivity contribution in [1.82, 2.24) is 5.32 Å². The third-order valence-electron chi connectivity index (χ3n) is 1.53. The van der Waals surface area contributed by atoms with Gasteiger partial charge in [-0.3, -0.25) is 0 Å². The van der Waals surface area contributed by atoms with E-state index in [1.807, 2.05) is 0 Å². The molecule has 0 atom stereocenters. The first-order chi connectivity index (χ1) is 7.11. The molecule has 1 rings (SSSR count). The van der Waals surface area contributed by atoms with Gasteiger partial charge in [0.25, 0.3) is 0 Å². The number of carbonyl (C=O) groups excluding carboxylic acids is 1. The van der Waals surface area contributed by atoms with Crippen LogP contribution in [0.5, 0.6) is 0 Å². The molecule has 0 unspecified atom stereocenters. The van der Waals surface area contributed by atoms with Crippen molar-refractivity contribution in [3.63, 3.8) is 0 Å². The van der Waals surface area contributed by atoms with Gasteiger partial charge in [0.15, 0.2) is 0 Å². The molecule has 80 valence electrons. The molecule has 1 aromatic carbocycles. The van der Waals surface area contributed by atoms with Gasteiger partial charge in [-0.15, -0.1) is 6.58 Å². The second-order valence-electron chi connectivity index (χ2n) is 2.78. The zero-order chi connectivity index (χ0) is 11.3. The van der Waals surface area contributed by atoms with E-state index in [1.165, 1.54) is 0 Å². The summed E-state index contributed by atoms with van der Waals surface area (Å²) in [4.78, 5) is 11.3. The highest BCUT2D eigenvalue weighted by Gasteiger charge is 2.01. The topological polar surface area (TPSA) is 41.1 Å².